The van der Waals surface area contributed by atoms with Crippen LogP contribution in [0.4, 0.5) is 0 Å². The number of nitrogens with one attached hydrogen (secondary N) is 1. The van der Waals surface area contributed by atoms with Gasteiger partial charge in [-0.1, -0.05) is 26.8 Å². The molecular weight excluding hydrogens is 252 g/mol. The molecule has 1 atom stereocenters. The Kier molecular flexibility index (Phi) is 6.89. The Morgan fingerprint density at radius 1 is 1.30 bits per heavy atom. The van der Waals surface area contributed by atoms with Crippen LogP contribution < -0.4 is 14.8 Å². The van der Waals surface area contributed by atoms with Crippen LogP contribution in [0.3, 0.4) is 0 Å². The Labute approximate surface area is 121 Å². The van der Waals surface area contributed by atoms with Crippen molar-refractivity contribution >= 4 is 0 Å². The van der Waals surface area contributed by atoms with Crippen molar-refractivity contribution in [1.82, 2.24) is 5.32 Å². The van der Waals surface area contributed by atoms with Crippen LogP contribution in [0.1, 0.15) is 32.8 Å². The van der Waals surface area contributed by atoms with Crippen molar-refractivity contribution in [2.75, 3.05) is 13.7 Å². The van der Waals surface area contributed by atoms with Crippen LogP contribution in [-0.2, 0) is 6.54 Å². The van der Waals surface area contributed by atoms with Gasteiger partial charge in [0, 0.05) is 6.54 Å². The van der Waals surface area contributed by atoms with Crippen LogP contribution in [0.2, 0.25) is 0 Å². The molecule has 0 aliphatic rings. The largest absolute Gasteiger partial charge is 0.493 e. The van der Waals surface area contributed by atoms with Gasteiger partial charge < -0.3 is 14.8 Å². The molecule has 0 amide bonds. The van der Waals surface area contributed by atoms with E-state index in [0.717, 1.165) is 18.7 Å². The summed E-state index contributed by atoms with van der Waals surface area (Å²) in [5.41, 5.74) is 1.14. The number of rotatable bonds is 8. The second-order valence-electron chi connectivity index (χ2n) is 5.15. The fourth-order valence-corrected chi connectivity index (χ4v) is 1.78. The summed E-state index contributed by atoms with van der Waals surface area (Å²) in [6.07, 6.45) is 0.214. The molecule has 0 aromatic heterocycles. The zero-order valence-corrected chi connectivity index (χ0v) is 12.8. The Balaban J connectivity index is 2.72. The summed E-state index contributed by atoms with van der Waals surface area (Å²) in [6.45, 7) is 8.05. The van der Waals surface area contributed by atoms with Gasteiger partial charge in [-0.2, -0.15) is 5.26 Å². The lowest BCUT2D eigenvalue weighted by atomic mass is 10.1. The van der Waals surface area contributed by atoms with Crippen LogP contribution >= 0.6 is 0 Å². The molecule has 0 bridgehead atoms. The van der Waals surface area contributed by atoms with Gasteiger partial charge in [-0.3, -0.25) is 0 Å². The van der Waals surface area contributed by atoms with Gasteiger partial charge in [0.15, 0.2) is 17.6 Å². The third kappa shape index (κ3) is 5.10. The van der Waals surface area contributed by atoms with Gasteiger partial charge in [0.05, 0.1) is 7.11 Å². The van der Waals surface area contributed by atoms with Crippen molar-refractivity contribution < 1.29 is 9.47 Å². The normalized spacial score (nSPS) is 12.0. The molecule has 4 heteroatoms. The quantitative estimate of drug-likeness (QED) is 0.792. The lowest BCUT2D eigenvalue weighted by molar-refractivity contribution is 0.239. The molecule has 0 radical (unpaired) electrons. The number of benzene rings is 1. The van der Waals surface area contributed by atoms with E-state index in [2.05, 4.69) is 25.2 Å². The summed E-state index contributed by atoms with van der Waals surface area (Å²) in [4.78, 5) is 0. The van der Waals surface area contributed by atoms with Crippen LogP contribution in [0.5, 0.6) is 11.5 Å². The van der Waals surface area contributed by atoms with E-state index in [1.165, 1.54) is 0 Å². The minimum Gasteiger partial charge on any atom is -0.493 e. The van der Waals surface area contributed by atoms with E-state index >= 15 is 0 Å². The van der Waals surface area contributed by atoms with E-state index in [1.807, 2.05) is 25.1 Å². The molecule has 0 aliphatic carbocycles. The predicted molar refractivity (Wildman–Crippen MR) is 79.9 cm³/mol. The van der Waals surface area contributed by atoms with Crippen LogP contribution in [-0.4, -0.2) is 19.8 Å². The maximum absolute atomic E-state index is 8.95. The molecule has 110 valence electrons. The number of nitriles is 1. The average Bonchev–Trinajstić information content (AvgIpc) is 2.45. The highest BCUT2D eigenvalue weighted by atomic mass is 16.5. The molecule has 0 aliphatic heterocycles. The molecule has 20 heavy (non-hydrogen) atoms. The van der Waals surface area contributed by atoms with Crippen molar-refractivity contribution in [2.24, 2.45) is 5.92 Å². The fraction of sp³-hybridized carbons (Fsp3) is 0.562. The van der Waals surface area contributed by atoms with Gasteiger partial charge in [0.25, 0.3) is 0 Å². The van der Waals surface area contributed by atoms with Gasteiger partial charge in [-0.25, -0.2) is 0 Å². The van der Waals surface area contributed by atoms with Gasteiger partial charge in [-0.05, 0) is 36.6 Å². The van der Waals surface area contributed by atoms with Crippen LogP contribution in [0.15, 0.2) is 18.2 Å². The Bertz CT molecular complexity index is 452. The third-order valence-corrected chi connectivity index (χ3v) is 2.89. The van der Waals surface area contributed by atoms with Gasteiger partial charge >= 0.3 is 0 Å². The standard InChI is InChI=1S/C16H24N2O2/c1-5-14(9-17)20-15-7-6-13(8-16(15)19-4)11-18-10-12(2)3/h6-8,12,14,18H,5,10-11H2,1-4H3. The molecule has 0 saturated heterocycles. The second-order valence-corrected chi connectivity index (χ2v) is 5.15. The highest BCUT2D eigenvalue weighted by Crippen LogP contribution is 2.29. The van der Waals surface area contributed by atoms with E-state index < -0.39 is 6.10 Å². The molecule has 1 aromatic rings. The van der Waals surface area contributed by atoms with Gasteiger partial charge in [0.1, 0.15) is 6.07 Å². The van der Waals surface area contributed by atoms with Crippen molar-refractivity contribution in [3.63, 3.8) is 0 Å². The van der Waals surface area contributed by atoms with Gasteiger partial charge in [0.2, 0.25) is 0 Å². The van der Waals surface area contributed by atoms with Crippen molar-refractivity contribution in [2.45, 2.75) is 39.8 Å². The van der Waals surface area contributed by atoms with E-state index in [9.17, 15) is 0 Å². The summed E-state index contributed by atoms with van der Waals surface area (Å²) >= 11 is 0. The fourth-order valence-electron chi connectivity index (χ4n) is 1.78. The second kappa shape index (κ2) is 8.44. The topological polar surface area (TPSA) is 54.3 Å². The summed E-state index contributed by atoms with van der Waals surface area (Å²) < 4.78 is 11.0. The molecule has 0 heterocycles. The number of hydrogen-bond donors (Lipinski definition) is 1. The molecule has 1 aromatic carbocycles. The van der Waals surface area contributed by atoms with Crippen LogP contribution in [0.25, 0.3) is 0 Å². The monoisotopic (exact) mass is 276 g/mol. The predicted octanol–water partition coefficient (Wildman–Crippen LogP) is 3.12. The minimum absolute atomic E-state index is 0.436. The molecule has 1 rings (SSSR count). The van der Waals surface area contributed by atoms with E-state index in [0.29, 0.717) is 23.8 Å². The minimum atomic E-state index is -0.436. The maximum Gasteiger partial charge on any atom is 0.184 e. The van der Waals surface area contributed by atoms with Crippen LogP contribution in [0, 0.1) is 17.2 Å². The Morgan fingerprint density at radius 2 is 2.05 bits per heavy atom. The first-order valence-electron chi connectivity index (χ1n) is 7.04. The SMILES string of the molecule is CCC(C#N)Oc1ccc(CNCC(C)C)cc1OC. The third-order valence-electron chi connectivity index (χ3n) is 2.89. The molecule has 1 N–H and O–H groups in total. The lowest BCUT2D eigenvalue weighted by Gasteiger charge is -2.15. The van der Waals surface area contributed by atoms with Crippen molar-refractivity contribution in [1.29, 1.82) is 5.26 Å². The van der Waals surface area contributed by atoms with Crippen molar-refractivity contribution in [3.05, 3.63) is 23.8 Å². The smallest absolute Gasteiger partial charge is 0.184 e. The Hall–Kier alpha value is -1.73. The first-order chi connectivity index (χ1) is 9.60. The van der Waals surface area contributed by atoms with Gasteiger partial charge in [-0.15, -0.1) is 0 Å². The molecule has 1 unspecified atom stereocenters. The highest BCUT2D eigenvalue weighted by molar-refractivity contribution is 5.43. The van der Waals surface area contributed by atoms with Crippen molar-refractivity contribution in [3.8, 4) is 17.6 Å². The molecule has 0 saturated carbocycles. The number of hydrogen-bond acceptors (Lipinski definition) is 4. The summed E-state index contributed by atoms with van der Waals surface area (Å²) in [5, 5.41) is 12.3. The maximum atomic E-state index is 8.95. The lowest BCUT2D eigenvalue weighted by Crippen LogP contribution is -2.19. The van der Waals surface area contributed by atoms with E-state index in [1.54, 1.807) is 7.11 Å². The van der Waals surface area contributed by atoms with E-state index in [-0.39, 0.29) is 0 Å². The zero-order valence-electron chi connectivity index (χ0n) is 12.8. The average molecular weight is 276 g/mol. The first-order valence-corrected chi connectivity index (χ1v) is 7.04. The number of methoxy groups -OCH3 is 1. The number of ether oxygens (including phenoxy) is 2. The Morgan fingerprint density at radius 3 is 2.60 bits per heavy atom. The first kappa shape index (κ1) is 16.3. The number of nitrogens with zero attached hydrogens (tertiary/aromatic N) is 1. The summed E-state index contributed by atoms with van der Waals surface area (Å²) in [5.74, 6) is 1.91. The molecule has 4 nitrogen and oxygen atoms in total. The molecular formula is C16H24N2O2. The molecule has 0 spiro atoms. The molecule has 0 fully saturated rings. The summed E-state index contributed by atoms with van der Waals surface area (Å²) in [6, 6.07) is 7.94. The van der Waals surface area contributed by atoms with E-state index in [4.69, 9.17) is 14.7 Å². The summed E-state index contributed by atoms with van der Waals surface area (Å²) in [7, 11) is 1.61. The highest BCUT2D eigenvalue weighted by Gasteiger charge is 2.11. The zero-order chi connectivity index (χ0) is 15.0.